The van der Waals surface area contributed by atoms with Crippen molar-refractivity contribution >= 4 is 5.97 Å². The molecule has 0 saturated carbocycles. The number of ether oxygens (including phenoxy) is 2. The molecule has 2 heterocycles. The number of hydrogen-bond donors (Lipinski definition) is 0. The van der Waals surface area contributed by atoms with Crippen LogP contribution in [0.5, 0.6) is 5.75 Å². The number of benzene rings is 1. The maximum Gasteiger partial charge on any atom is 0.339 e. The topological polar surface area (TPSA) is 48.4 Å². The zero-order chi connectivity index (χ0) is 13.2. The summed E-state index contributed by atoms with van der Waals surface area (Å²) in [6.07, 6.45) is 1.55. The molecule has 0 radical (unpaired) electrons. The van der Waals surface area contributed by atoms with Crippen LogP contribution in [0.1, 0.15) is 22.8 Å². The summed E-state index contributed by atoms with van der Waals surface area (Å²) in [6.45, 7) is 2.56. The van der Waals surface area contributed by atoms with E-state index >= 15 is 0 Å². The van der Waals surface area contributed by atoms with E-state index in [0.29, 0.717) is 18.8 Å². The van der Waals surface area contributed by atoms with Crippen molar-refractivity contribution in [1.82, 2.24) is 4.98 Å². The van der Waals surface area contributed by atoms with Crippen molar-refractivity contribution in [3.05, 3.63) is 47.7 Å². The Balaban J connectivity index is 2.03. The van der Waals surface area contributed by atoms with Crippen LogP contribution >= 0.6 is 0 Å². The van der Waals surface area contributed by atoms with Gasteiger partial charge < -0.3 is 9.47 Å². The van der Waals surface area contributed by atoms with Gasteiger partial charge in [-0.1, -0.05) is 12.1 Å². The van der Waals surface area contributed by atoms with E-state index in [-0.39, 0.29) is 5.97 Å². The third-order valence-electron chi connectivity index (χ3n) is 3.00. The van der Waals surface area contributed by atoms with Gasteiger partial charge in [-0.05, 0) is 25.1 Å². The second-order valence-corrected chi connectivity index (χ2v) is 4.24. The van der Waals surface area contributed by atoms with Gasteiger partial charge in [-0.25, -0.2) is 4.79 Å². The first-order valence-electron chi connectivity index (χ1n) is 6.18. The van der Waals surface area contributed by atoms with Crippen molar-refractivity contribution in [2.24, 2.45) is 0 Å². The number of para-hydroxylation sites is 1. The minimum absolute atomic E-state index is 0.350. The summed E-state index contributed by atoms with van der Waals surface area (Å²) in [4.78, 5) is 16.1. The molecule has 96 valence electrons. The van der Waals surface area contributed by atoms with Crippen molar-refractivity contribution in [2.45, 2.75) is 13.5 Å². The highest BCUT2D eigenvalue weighted by molar-refractivity contribution is 5.90. The minimum atomic E-state index is -0.350. The molecule has 3 rings (SSSR count). The van der Waals surface area contributed by atoms with Crippen LogP contribution in [0.2, 0.25) is 0 Å². The monoisotopic (exact) mass is 255 g/mol. The molecule has 1 aromatic carbocycles. The lowest BCUT2D eigenvalue weighted by atomic mass is 10.0. The molecular weight excluding hydrogens is 242 g/mol. The lowest BCUT2D eigenvalue weighted by Crippen LogP contribution is -2.11. The van der Waals surface area contributed by atoms with E-state index in [2.05, 4.69) is 4.98 Å². The standard InChI is InChI=1S/C15H13NO3/c1-2-18-15(17)10-7-11-9-19-13-6-4-3-5-12(13)14(11)16-8-10/h3-8H,2,9H2,1H3. The molecule has 0 atom stereocenters. The summed E-state index contributed by atoms with van der Waals surface area (Å²) in [6, 6.07) is 9.54. The fraction of sp³-hybridized carbons (Fsp3) is 0.200. The maximum absolute atomic E-state index is 11.7. The molecule has 0 aliphatic carbocycles. The van der Waals surface area contributed by atoms with E-state index in [1.54, 1.807) is 19.2 Å². The molecule has 4 nitrogen and oxygen atoms in total. The number of pyridine rings is 1. The number of esters is 1. The zero-order valence-electron chi connectivity index (χ0n) is 10.6. The molecule has 0 saturated heterocycles. The van der Waals surface area contributed by atoms with Gasteiger partial charge in [0.15, 0.2) is 0 Å². The van der Waals surface area contributed by atoms with Gasteiger partial charge in [0.2, 0.25) is 0 Å². The summed E-state index contributed by atoms with van der Waals surface area (Å²) in [5.41, 5.74) is 3.20. The Morgan fingerprint density at radius 3 is 3.11 bits per heavy atom. The van der Waals surface area contributed by atoms with Crippen molar-refractivity contribution < 1.29 is 14.3 Å². The molecule has 19 heavy (non-hydrogen) atoms. The lowest BCUT2D eigenvalue weighted by Gasteiger charge is -2.19. The fourth-order valence-corrected chi connectivity index (χ4v) is 2.13. The molecule has 2 aromatic rings. The van der Waals surface area contributed by atoms with Crippen molar-refractivity contribution in [3.8, 4) is 17.0 Å². The third-order valence-corrected chi connectivity index (χ3v) is 3.00. The van der Waals surface area contributed by atoms with Gasteiger partial charge in [0.1, 0.15) is 12.4 Å². The number of rotatable bonds is 2. The summed E-state index contributed by atoms with van der Waals surface area (Å²) in [5.74, 6) is 0.475. The van der Waals surface area contributed by atoms with E-state index < -0.39 is 0 Å². The quantitative estimate of drug-likeness (QED) is 0.774. The molecule has 0 N–H and O–H groups in total. The number of fused-ring (bicyclic) bond motifs is 3. The van der Waals surface area contributed by atoms with Gasteiger partial charge in [-0.2, -0.15) is 0 Å². The molecule has 1 aliphatic heterocycles. The van der Waals surface area contributed by atoms with Gasteiger partial charge in [0.25, 0.3) is 0 Å². The van der Waals surface area contributed by atoms with Crippen LogP contribution in [0.25, 0.3) is 11.3 Å². The first-order valence-corrected chi connectivity index (χ1v) is 6.18. The van der Waals surface area contributed by atoms with Gasteiger partial charge in [0.05, 0.1) is 17.9 Å². The van der Waals surface area contributed by atoms with Crippen LogP contribution in [0.3, 0.4) is 0 Å². The molecule has 0 bridgehead atoms. The Labute approximate surface area is 111 Å². The first kappa shape index (κ1) is 11.7. The smallest absolute Gasteiger partial charge is 0.339 e. The molecular formula is C15H13NO3. The molecule has 0 amide bonds. The first-order chi connectivity index (χ1) is 9.29. The molecule has 0 fully saturated rings. The molecule has 4 heteroatoms. The van der Waals surface area contributed by atoms with Gasteiger partial charge in [-0.3, -0.25) is 4.98 Å². The van der Waals surface area contributed by atoms with Crippen molar-refractivity contribution in [2.75, 3.05) is 6.61 Å². The van der Waals surface area contributed by atoms with Gasteiger partial charge in [0, 0.05) is 17.3 Å². The molecule has 1 aromatic heterocycles. The number of nitrogens with zero attached hydrogens (tertiary/aromatic N) is 1. The van der Waals surface area contributed by atoms with E-state index in [9.17, 15) is 4.79 Å². The fourth-order valence-electron chi connectivity index (χ4n) is 2.13. The van der Waals surface area contributed by atoms with E-state index in [0.717, 1.165) is 22.6 Å². The summed E-state index contributed by atoms with van der Waals surface area (Å²) < 4.78 is 10.6. The molecule has 1 aliphatic rings. The Hall–Kier alpha value is -2.36. The van der Waals surface area contributed by atoms with Crippen molar-refractivity contribution in [3.63, 3.8) is 0 Å². The second kappa shape index (κ2) is 4.72. The highest BCUT2D eigenvalue weighted by atomic mass is 16.5. The van der Waals surface area contributed by atoms with Crippen LogP contribution in [0.15, 0.2) is 36.5 Å². The average Bonchev–Trinajstić information content (AvgIpc) is 2.46. The third kappa shape index (κ3) is 2.05. The molecule has 0 spiro atoms. The Bertz CT molecular complexity index is 637. The summed E-state index contributed by atoms with van der Waals surface area (Å²) >= 11 is 0. The number of carbonyl (C=O) groups is 1. The van der Waals surface area contributed by atoms with E-state index in [1.807, 2.05) is 24.3 Å². The SMILES string of the molecule is CCOC(=O)c1cnc2c(c1)COc1ccccc1-2. The largest absolute Gasteiger partial charge is 0.488 e. The summed E-state index contributed by atoms with van der Waals surface area (Å²) in [5, 5.41) is 0. The average molecular weight is 255 g/mol. The predicted octanol–water partition coefficient (Wildman–Crippen LogP) is 2.82. The maximum atomic E-state index is 11.7. The Morgan fingerprint density at radius 2 is 2.26 bits per heavy atom. The van der Waals surface area contributed by atoms with E-state index in [4.69, 9.17) is 9.47 Å². The van der Waals surface area contributed by atoms with Crippen LogP contribution in [-0.4, -0.2) is 17.6 Å². The lowest BCUT2D eigenvalue weighted by molar-refractivity contribution is 0.0525. The Kier molecular flexibility index (Phi) is 2.91. The van der Waals surface area contributed by atoms with Crippen LogP contribution in [0, 0.1) is 0 Å². The zero-order valence-corrected chi connectivity index (χ0v) is 10.6. The number of hydrogen-bond acceptors (Lipinski definition) is 4. The van der Waals surface area contributed by atoms with Crippen LogP contribution in [-0.2, 0) is 11.3 Å². The van der Waals surface area contributed by atoms with Gasteiger partial charge >= 0.3 is 5.97 Å². The minimum Gasteiger partial charge on any atom is -0.488 e. The second-order valence-electron chi connectivity index (χ2n) is 4.24. The normalized spacial score (nSPS) is 12.1. The van der Waals surface area contributed by atoms with Gasteiger partial charge in [-0.15, -0.1) is 0 Å². The Morgan fingerprint density at radius 1 is 1.42 bits per heavy atom. The number of aromatic nitrogens is 1. The van der Waals surface area contributed by atoms with Crippen molar-refractivity contribution in [1.29, 1.82) is 0 Å². The van der Waals surface area contributed by atoms with Crippen LogP contribution in [0.4, 0.5) is 0 Å². The van der Waals surface area contributed by atoms with E-state index in [1.165, 1.54) is 0 Å². The highest BCUT2D eigenvalue weighted by Gasteiger charge is 2.20. The highest BCUT2D eigenvalue weighted by Crippen LogP contribution is 2.35. The van der Waals surface area contributed by atoms with Crippen LogP contribution < -0.4 is 4.74 Å². The molecule has 0 unspecified atom stereocenters. The number of carbonyl (C=O) groups excluding carboxylic acids is 1. The summed E-state index contributed by atoms with van der Waals surface area (Å²) in [7, 11) is 0. The predicted molar refractivity (Wildman–Crippen MR) is 70.0 cm³/mol.